The predicted octanol–water partition coefficient (Wildman–Crippen LogP) is 4.41. The molecule has 0 saturated carbocycles. The third-order valence-corrected chi connectivity index (χ3v) is 5.04. The standard InChI is InChI=1S/C25H19FN2O4/c1-2-15-32-17-12-10-16(11-13-17)23(29)21-22(18-7-3-4-8-19(18)26)28(25(31)24(21)30)20-9-5-6-14-27-20/h2-14,22,29H,1,15H2/t22-/m1/s1. The van der Waals surface area contributed by atoms with Crippen molar-refractivity contribution in [3.8, 4) is 5.75 Å². The first kappa shape index (κ1) is 21.0. The fourth-order valence-corrected chi connectivity index (χ4v) is 3.58. The van der Waals surface area contributed by atoms with Gasteiger partial charge in [-0.3, -0.25) is 14.5 Å². The minimum atomic E-state index is -1.18. The van der Waals surface area contributed by atoms with E-state index in [1.54, 1.807) is 54.6 Å². The Morgan fingerprint density at radius 3 is 2.47 bits per heavy atom. The summed E-state index contributed by atoms with van der Waals surface area (Å²) in [7, 11) is 0. The number of hydrogen-bond acceptors (Lipinski definition) is 5. The molecule has 0 aliphatic carbocycles. The third kappa shape index (κ3) is 3.76. The first-order chi connectivity index (χ1) is 15.5. The van der Waals surface area contributed by atoms with Crippen LogP contribution in [0.5, 0.6) is 5.75 Å². The van der Waals surface area contributed by atoms with Gasteiger partial charge >= 0.3 is 5.91 Å². The molecule has 1 aromatic heterocycles. The fraction of sp³-hybridized carbons (Fsp3) is 0.0800. The van der Waals surface area contributed by atoms with E-state index in [-0.39, 0.29) is 22.5 Å². The molecule has 1 N–H and O–H groups in total. The molecular formula is C25H19FN2O4. The molecule has 0 bridgehead atoms. The van der Waals surface area contributed by atoms with Crippen LogP contribution in [0.15, 0.2) is 91.2 Å². The van der Waals surface area contributed by atoms with E-state index >= 15 is 0 Å². The Morgan fingerprint density at radius 2 is 1.81 bits per heavy atom. The van der Waals surface area contributed by atoms with Gasteiger partial charge < -0.3 is 9.84 Å². The average molecular weight is 430 g/mol. The normalized spacial score (nSPS) is 17.4. The summed E-state index contributed by atoms with van der Waals surface area (Å²) in [6.07, 6.45) is 3.07. The Bertz CT molecular complexity index is 1210. The van der Waals surface area contributed by atoms with Crippen molar-refractivity contribution in [1.29, 1.82) is 0 Å². The van der Waals surface area contributed by atoms with Gasteiger partial charge in [-0.05, 0) is 42.5 Å². The zero-order valence-corrected chi connectivity index (χ0v) is 16.9. The molecule has 160 valence electrons. The van der Waals surface area contributed by atoms with E-state index in [9.17, 15) is 19.1 Å². The smallest absolute Gasteiger partial charge is 0.301 e. The summed E-state index contributed by atoms with van der Waals surface area (Å²) < 4.78 is 20.2. The Hall–Kier alpha value is -4.26. The zero-order valence-electron chi connectivity index (χ0n) is 16.9. The van der Waals surface area contributed by atoms with Crippen LogP contribution >= 0.6 is 0 Å². The second-order valence-corrected chi connectivity index (χ2v) is 7.00. The topological polar surface area (TPSA) is 79.7 Å². The van der Waals surface area contributed by atoms with Crippen LogP contribution in [0.4, 0.5) is 10.2 Å². The SMILES string of the molecule is C=CCOc1ccc(C(O)=C2C(=O)C(=O)N(c3ccccn3)[C@@H]2c2ccccc2F)cc1. The second-order valence-electron chi connectivity index (χ2n) is 7.00. The largest absolute Gasteiger partial charge is 0.507 e. The molecular weight excluding hydrogens is 411 g/mol. The fourth-order valence-electron chi connectivity index (χ4n) is 3.58. The monoisotopic (exact) mass is 430 g/mol. The minimum absolute atomic E-state index is 0.0739. The van der Waals surface area contributed by atoms with Crippen molar-refractivity contribution < 1.29 is 23.8 Å². The number of pyridine rings is 1. The summed E-state index contributed by atoms with van der Waals surface area (Å²) in [5.41, 5.74) is 0.145. The summed E-state index contributed by atoms with van der Waals surface area (Å²) in [6, 6.07) is 15.8. The average Bonchev–Trinajstić information content (AvgIpc) is 3.08. The highest BCUT2D eigenvalue weighted by Crippen LogP contribution is 2.42. The van der Waals surface area contributed by atoms with Gasteiger partial charge in [0.1, 0.15) is 29.8 Å². The number of ether oxygens (including phenoxy) is 1. The quantitative estimate of drug-likeness (QED) is 0.271. The van der Waals surface area contributed by atoms with Gasteiger partial charge in [0.05, 0.1) is 11.6 Å². The maximum Gasteiger partial charge on any atom is 0.301 e. The summed E-state index contributed by atoms with van der Waals surface area (Å²) in [4.78, 5) is 31.2. The first-order valence-electron chi connectivity index (χ1n) is 9.83. The molecule has 2 aromatic carbocycles. The number of aromatic nitrogens is 1. The molecule has 1 atom stereocenters. The second kappa shape index (κ2) is 8.85. The van der Waals surface area contributed by atoms with E-state index in [0.29, 0.717) is 12.4 Å². The predicted molar refractivity (Wildman–Crippen MR) is 118 cm³/mol. The summed E-state index contributed by atoms with van der Waals surface area (Å²) in [5.74, 6) is -2.13. The van der Waals surface area contributed by atoms with Crippen LogP contribution in [0.2, 0.25) is 0 Å². The van der Waals surface area contributed by atoms with Gasteiger partial charge in [0.15, 0.2) is 0 Å². The van der Waals surface area contributed by atoms with Crippen molar-refractivity contribution in [2.75, 3.05) is 11.5 Å². The van der Waals surface area contributed by atoms with E-state index in [4.69, 9.17) is 4.74 Å². The third-order valence-electron chi connectivity index (χ3n) is 5.04. The molecule has 7 heteroatoms. The molecule has 2 heterocycles. The van der Waals surface area contributed by atoms with Crippen LogP contribution in [0.25, 0.3) is 5.76 Å². The van der Waals surface area contributed by atoms with Gasteiger partial charge in [0.2, 0.25) is 0 Å². The van der Waals surface area contributed by atoms with Crippen LogP contribution in [0.1, 0.15) is 17.2 Å². The number of carbonyl (C=O) groups is 2. The lowest BCUT2D eigenvalue weighted by molar-refractivity contribution is -0.132. The summed E-state index contributed by atoms with van der Waals surface area (Å²) >= 11 is 0. The number of amides is 1. The number of benzene rings is 2. The number of aliphatic hydroxyl groups excluding tert-OH is 1. The van der Waals surface area contributed by atoms with Crippen molar-refractivity contribution in [3.63, 3.8) is 0 Å². The molecule has 32 heavy (non-hydrogen) atoms. The lowest BCUT2D eigenvalue weighted by Gasteiger charge is -2.24. The van der Waals surface area contributed by atoms with Crippen molar-refractivity contribution in [3.05, 3.63) is 108 Å². The van der Waals surface area contributed by atoms with Crippen molar-refractivity contribution in [2.45, 2.75) is 6.04 Å². The van der Waals surface area contributed by atoms with Crippen molar-refractivity contribution in [2.24, 2.45) is 0 Å². The van der Waals surface area contributed by atoms with Crippen LogP contribution < -0.4 is 9.64 Å². The lowest BCUT2D eigenvalue weighted by Crippen LogP contribution is -2.30. The number of Topliss-reactive ketones (excluding diaryl/α,β-unsaturated/α-hetero) is 1. The number of hydrogen-bond donors (Lipinski definition) is 1. The maximum absolute atomic E-state index is 14.8. The molecule has 1 saturated heterocycles. The number of anilines is 1. The highest BCUT2D eigenvalue weighted by Gasteiger charge is 2.48. The van der Waals surface area contributed by atoms with E-state index in [1.807, 2.05) is 0 Å². The first-order valence-corrected chi connectivity index (χ1v) is 9.83. The molecule has 4 rings (SSSR count). The summed E-state index contributed by atoms with van der Waals surface area (Å²) in [6.45, 7) is 3.90. The summed E-state index contributed by atoms with van der Waals surface area (Å²) in [5, 5.41) is 11.0. The van der Waals surface area contributed by atoms with Gasteiger partial charge in [-0.15, -0.1) is 0 Å². The molecule has 6 nitrogen and oxygen atoms in total. The van der Waals surface area contributed by atoms with E-state index in [2.05, 4.69) is 11.6 Å². The minimum Gasteiger partial charge on any atom is -0.507 e. The van der Waals surface area contributed by atoms with Crippen LogP contribution in [0.3, 0.4) is 0 Å². The highest BCUT2D eigenvalue weighted by atomic mass is 19.1. The molecule has 1 aliphatic rings. The van der Waals surface area contributed by atoms with Gasteiger partial charge in [-0.25, -0.2) is 9.37 Å². The van der Waals surface area contributed by atoms with E-state index in [1.165, 1.54) is 24.4 Å². The van der Waals surface area contributed by atoms with E-state index in [0.717, 1.165) is 4.90 Å². The highest BCUT2D eigenvalue weighted by molar-refractivity contribution is 6.51. The molecule has 0 radical (unpaired) electrons. The number of ketones is 1. The number of nitrogens with zero attached hydrogens (tertiary/aromatic N) is 2. The number of aliphatic hydroxyl groups is 1. The van der Waals surface area contributed by atoms with Crippen molar-refractivity contribution >= 4 is 23.3 Å². The number of carbonyl (C=O) groups excluding carboxylic acids is 2. The van der Waals surface area contributed by atoms with Crippen LogP contribution in [-0.4, -0.2) is 28.4 Å². The van der Waals surface area contributed by atoms with E-state index < -0.39 is 29.3 Å². The van der Waals surface area contributed by atoms with Gasteiger partial charge in [-0.2, -0.15) is 0 Å². The number of halogens is 1. The van der Waals surface area contributed by atoms with Gasteiger partial charge in [-0.1, -0.05) is 36.9 Å². The number of rotatable bonds is 6. The maximum atomic E-state index is 14.8. The molecule has 1 amide bonds. The van der Waals surface area contributed by atoms with Crippen LogP contribution in [-0.2, 0) is 9.59 Å². The Balaban J connectivity index is 1.87. The van der Waals surface area contributed by atoms with Gasteiger partial charge in [0, 0.05) is 17.3 Å². The van der Waals surface area contributed by atoms with Crippen molar-refractivity contribution in [1.82, 2.24) is 4.98 Å². The molecule has 1 aliphatic heterocycles. The Kier molecular flexibility index (Phi) is 5.81. The van der Waals surface area contributed by atoms with Gasteiger partial charge in [0.25, 0.3) is 5.78 Å². The lowest BCUT2D eigenvalue weighted by atomic mass is 9.95. The Morgan fingerprint density at radius 1 is 1.09 bits per heavy atom. The molecule has 3 aromatic rings. The zero-order chi connectivity index (χ0) is 22.7. The molecule has 1 fully saturated rings. The Labute approximate surface area is 183 Å². The molecule has 0 unspecified atom stereocenters. The van der Waals surface area contributed by atoms with Crippen LogP contribution in [0, 0.1) is 5.82 Å². The molecule has 0 spiro atoms.